The van der Waals surface area contributed by atoms with E-state index in [1.165, 1.54) is 38.5 Å². The molecule has 1 N–H and O–H groups in total. The van der Waals surface area contributed by atoms with E-state index in [1.54, 1.807) is 4.90 Å². The lowest BCUT2D eigenvalue weighted by Gasteiger charge is -2.57. The summed E-state index contributed by atoms with van der Waals surface area (Å²) in [5.41, 5.74) is 0.279. The Morgan fingerprint density at radius 3 is 2.24 bits per heavy atom. The topological polar surface area (TPSA) is 32.3 Å². The minimum Gasteiger partial charge on any atom is -0.354 e. The van der Waals surface area contributed by atoms with Crippen molar-refractivity contribution in [1.82, 2.24) is 10.2 Å². The molecule has 5 fully saturated rings. The fourth-order valence-corrected chi connectivity index (χ4v) is 6.52. The van der Waals surface area contributed by atoms with Gasteiger partial charge >= 0.3 is 6.18 Å². The highest BCUT2D eigenvalue weighted by atomic mass is 19.4. The van der Waals surface area contributed by atoms with E-state index in [9.17, 15) is 18.0 Å². The van der Waals surface area contributed by atoms with E-state index >= 15 is 0 Å². The molecule has 1 aliphatic heterocycles. The van der Waals surface area contributed by atoms with Crippen LogP contribution in [-0.2, 0) is 4.79 Å². The number of hydrogen-bond acceptors (Lipinski definition) is 2. The lowest BCUT2D eigenvalue weighted by Crippen LogP contribution is -2.52. The fourth-order valence-electron chi connectivity index (χ4n) is 6.52. The van der Waals surface area contributed by atoms with E-state index in [1.807, 2.05) is 0 Å². The van der Waals surface area contributed by atoms with Crippen LogP contribution in [0.3, 0.4) is 0 Å². The molecule has 0 spiro atoms. The van der Waals surface area contributed by atoms with Crippen molar-refractivity contribution < 1.29 is 18.0 Å². The number of likely N-dealkylation sites (tertiary alicyclic amines) is 1. The van der Waals surface area contributed by atoms with Crippen LogP contribution >= 0.6 is 0 Å². The highest BCUT2D eigenvalue weighted by Crippen LogP contribution is 2.59. The van der Waals surface area contributed by atoms with Gasteiger partial charge in [0.05, 0.1) is 12.5 Å². The van der Waals surface area contributed by atoms with Gasteiger partial charge in [0.1, 0.15) is 0 Å². The van der Waals surface area contributed by atoms with Crippen molar-refractivity contribution >= 4 is 5.91 Å². The number of halogens is 3. The third kappa shape index (κ3) is 3.83. The zero-order valence-electron chi connectivity index (χ0n) is 14.8. The summed E-state index contributed by atoms with van der Waals surface area (Å²) >= 11 is 0. The molecule has 0 aromatic rings. The molecule has 3 nitrogen and oxygen atoms in total. The van der Waals surface area contributed by atoms with Crippen LogP contribution < -0.4 is 5.32 Å². The number of nitrogens with one attached hydrogen (secondary N) is 1. The average Bonchev–Trinajstić information content (AvgIpc) is 2.51. The largest absolute Gasteiger partial charge is 0.393 e. The van der Waals surface area contributed by atoms with Crippen molar-refractivity contribution in [2.45, 2.75) is 57.5 Å². The number of carbonyl (C=O) groups is 1. The molecule has 1 saturated heterocycles. The number of alkyl halides is 3. The molecular formula is C19H29F3N2O. The van der Waals surface area contributed by atoms with Gasteiger partial charge in [-0.25, -0.2) is 0 Å². The smallest absolute Gasteiger partial charge is 0.354 e. The van der Waals surface area contributed by atoms with Gasteiger partial charge in [0.2, 0.25) is 5.91 Å². The Balaban J connectivity index is 1.27. The molecule has 0 aromatic heterocycles. The Labute approximate surface area is 147 Å². The van der Waals surface area contributed by atoms with Crippen LogP contribution in [0.15, 0.2) is 0 Å². The monoisotopic (exact) mass is 358 g/mol. The van der Waals surface area contributed by atoms with Crippen molar-refractivity contribution in [2.75, 3.05) is 26.2 Å². The van der Waals surface area contributed by atoms with Crippen LogP contribution in [0, 0.1) is 29.1 Å². The highest BCUT2D eigenvalue weighted by Gasteiger charge is 2.50. The molecule has 0 unspecified atom stereocenters. The van der Waals surface area contributed by atoms with Crippen LogP contribution in [0.1, 0.15) is 51.4 Å². The lowest BCUT2D eigenvalue weighted by molar-refractivity contribution is -0.187. The minimum absolute atomic E-state index is 0.0334. The first-order valence-electron chi connectivity index (χ1n) is 9.87. The van der Waals surface area contributed by atoms with E-state index in [-0.39, 0.29) is 30.8 Å². The summed E-state index contributed by atoms with van der Waals surface area (Å²) in [6, 6.07) is 0. The van der Waals surface area contributed by atoms with Crippen molar-refractivity contribution in [3.05, 3.63) is 0 Å². The van der Waals surface area contributed by atoms with Gasteiger partial charge in [-0.15, -0.1) is 0 Å². The second kappa shape index (κ2) is 6.43. The number of amides is 1. The summed E-state index contributed by atoms with van der Waals surface area (Å²) in [5.74, 6) is 1.16. The first-order valence-corrected chi connectivity index (χ1v) is 9.87. The SMILES string of the molecule is O=C(CN1CCC[C@@H](C(F)(F)F)C1)NCC12CC3CC(CC(C3)C1)C2. The average molecular weight is 358 g/mol. The second-order valence-corrected chi connectivity index (χ2v) is 9.31. The molecule has 1 amide bonds. The van der Waals surface area contributed by atoms with Gasteiger partial charge in [-0.05, 0) is 81.1 Å². The normalized spacial score (nSPS) is 41.1. The van der Waals surface area contributed by atoms with Gasteiger partial charge in [0, 0.05) is 13.1 Å². The molecule has 142 valence electrons. The van der Waals surface area contributed by atoms with Crippen LogP contribution in [-0.4, -0.2) is 43.2 Å². The van der Waals surface area contributed by atoms with Gasteiger partial charge in [-0.1, -0.05) is 0 Å². The number of nitrogens with zero attached hydrogens (tertiary/aromatic N) is 1. The summed E-state index contributed by atoms with van der Waals surface area (Å²) in [6.07, 6.45) is 4.40. The van der Waals surface area contributed by atoms with Crippen molar-refractivity contribution in [3.63, 3.8) is 0 Å². The van der Waals surface area contributed by atoms with Crippen molar-refractivity contribution in [1.29, 1.82) is 0 Å². The molecule has 4 bridgehead atoms. The van der Waals surface area contributed by atoms with Gasteiger partial charge in [-0.3, -0.25) is 9.69 Å². The van der Waals surface area contributed by atoms with Crippen LogP contribution in [0.2, 0.25) is 0 Å². The molecule has 5 rings (SSSR count). The predicted molar refractivity (Wildman–Crippen MR) is 88.8 cm³/mol. The molecule has 4 aliphatic carbocycles. The van der Waals surface area contributed by atoms with E-state index < -0.39 is 12.1 Å². The molecular weight excluding hydrogens is 329 g/mol. The predicted octanol–water partition coefficient (Wildman–Crippen LogP) is 3.59. The summed E-state index contributed by atoms with van der Waals surface area (Å²) in [7, 11) is 0. The Kier molecular flexibility index (Phi) is 4.53. The summed E-state index contributed by atoms with van der Waals surface area (Å²) < 4.78 is 38.7. The Hall–Kier alpha value is -0.780. The van der Waals surface area contributed by atoms with E-state index in [4.69, 9.17) is 0 Å². The highest BCUT2D eigenvalue weighted by molar-refractivity contribution is 5.78. The van der Waals surface area contributed by atoms with E-state index in [0.717, 1.165) is 24.3 Å². The third-order valence-electron chi connectivity index (χ3n) is 7.16. The second-order valence-electron chi connectivity index (χ2n) is 9.31. The van der Waals surface area contributed by atoms with E-state index in [0.29, 0.717) is 13.0 Å². The molecule has 4 saturated carbocycles. The number of rotatable bonds is 4. The Bertz CT molecular complexity index is 484. The van der Waals surface area contributed by atoms with Crippen molar-refractivity contribution in [2.24, 2.45) is 29.1 Å². The maximum atomic E-state index is 12.9. The number of hydrogen-bond donors (Lipinski definition) is 1. The zero-order chi connectivity index (χ0) is 17.7. The molecule has 1 atom stereocenters. The number of piperidine rings is 1. The van der Waals surface area contributed by atoms with Crippen molar-refractivity contribution in [3.8, 4) is 0 Å². The summed E-state index contributed by atoms with van der Waals surface area (Å²) in [5, 5.41) is 3.08. The molecule has 5 aliphatic rings. The summed E-state index contributed by atoms with van der Waals surface area (Å²) in [4.78, 5) is 14.0. The molecule has 6 heteroatoms. The van der Waals surface area contributed by atoms with Gasteiger partial charge < -0.3 is 5.32 Å². The molecule has 0 radical (unpaired) electrons. The van der Waals surface area contributed by atoms with Gasteiger partial charge in [0.15, 0.2) is 0 Å². The molecule has 1 heterocycles. The quantitative estimate of drug-likeness (QED) is 0.833. The van der Waals surface area contributed by atoms with Crippen LogP contribution in [0.4, 0.5) is 13.2 Å². The first kappa shape index (κ1) is 17.6. The molecule has 25 heavy (non-hydrogen) atoms. The minimum atomic E-state index is -4.14. The maximum Gasteiger partial charge on any atom is 0.393 e. The Morgan fingerprint density at radius 2 is 1.68 bits per heavy atom. The first-order chi connectivity index (χ1) is 11.8. The Morgan fingerprint density at radius 1 is 1.08 bits per heavy atom. The lowest BCUT2D eigenvalue weighted by atomic mass is 9.49. The summed E-state index contributed by atoms with van der Waals surface area (Å²) in [6.45, 7) is 1.40. The van der Waals surface area contributed by atoms with Gasteiger partial charge in [-0.2, -0.15) is 13.2 Å². The van der Waals surface area contributed by atoms with Crippen LogP contribution in [0.5, 0.6) is 0 Å². The third-order valence-corrected chi connectivity index (χ3v) is 7.16. The van der Waals surface area contributed by atoms with Crippen LogP contribution in [0.25, 0.3) is 0 Å². The zero-order valence-corrected chi connectivity index (χ0v) is 14.8. The number of carbonyl (C=O) groups excluding carboxylic acids is 1. The van der Waals surface area contributed by atoms with E-state index in [2.05, 4.69) is 5.32 Å². The van der Waals surface area contributed by atoms with Gasteiger partial charge in [0.25, 0.3) is 0 Å². The fraction of sp³-hybridized carbons (Fsp3) is 0.947. The maximum absolute atomic E-state index is 12.9. The standard InChI is InChI=1S/C19H29F3N2O/c20-19(21,22)16-2-1-3-24(10-16)11-17(25)23-12-18-7-13-4-14(8-18)6-15(5-13)9-18/h13-16H,1-12H2,(H,23,25)/t13?,14?,15?,16-,18?/m1/s1. The molecule has 0 aromatic carbocycles.